The van der Waals surface area contributed by atoms with Crippen molar-refractivity contribution in [2.45, 2.75) is 17.6 Å². The SMILES string of the molecule is COc1ccccc1OCCN(C)C(=O)C1(S(C)(=O)=O)CCNCC1. The van der Waals surface area contributed by atoms with Crippen LogP contribution in [-0.2, 0) is 14.6 Å². The predicted octanol–water partition coefficient (Wildman–Crippen LogP) is 0.699. The quantitative estimate of drug-likeness (QED) is 0.761. The van der Waals surface area contributed by atoms with E-state index in [0.717, 1.165) is 6.26 Å². The maximum atomic E-state index is 12.9. The molecule has 0 radical (unpaired) electrons. The second kappa shape index (κ2) is 8.05. The number of rotatable bonds is 7. The molecule has 140 valence electrons. The van der Waals surface area contributed by atoms with Crippen LogP contribution in [0.4, 0.5) is 0 Å². The molecule has 1 amide bonds. The lowest BCUT2D eigenvalue weighted by Gasteiger charge is -2.37. The van der Waals surface area contributed by atoms with Gasteiger partial charge in [-0.15, -0.1) is 0 Å². The third-order valence-electron chi connectivity index (χ3n) is 4.61. The first-order chi connectivity index (χ1) is 11.8. The molecule has 7 nitrogen and oxygen atoms in total. The van der Waals surface area contributed by atoms with E-state index in [0.29, 0.717) is 44.0 Å². The van der Waals surface area contributed by atoms with Crippen molar-refractivity contribution in [2.24, 2.45) is 0 Å². The largest absolute Gasteiger partial charge is 0.493 e. The minimum absolute atomic E-state index is 0.251. The van der Waals surface area contributed by atoms with Gasteiger partial charge < -0.3 is 19.7 Å². The lowest BCUT2D eigenvalue weighted by Crippen LogP contribution is -2.57. The zero-order chi connectivity index (χ0) is 18.5. The monoisotopic (exact) mass is 370 g/mol. The molecule has 8 heteroatoms. The number of piperidine rings is 1. The highest BCUT2D eigenvalue weighted by Crippen LogP contribution is 2.30. The molecule has 1 N–H and O–H groups in total. The van der Waals surface area contributed by atoms with Crippen molar-refractivity contribution in [3.05, 3.63) is 24.3 Å². The summed E-state index contributed by atoms with van der Waals surface area (Å²) in [6.45, 7) is 1.58. The number of nitrogens with zero attached hydrogens (tertiary/aromatic N) is 1. The Morgan fingerprint density at radius 1 is 1.24 bits per heavy atom. The van der Waals surface area contributed by atoms with Crippen LogP contribution in [0.2, 0.25) is 0 Å². The Morgan fingerprint density at radius 2 is 1.84 bits per heavy atom. The summed E-state index contributed by atoms with van der Waals surface area (Å²) in [5.74, 6) is 0.841. The average Bonchev–Trinajstić information content (AvgIpc) is 2.61. The van der Waals surface area contributed by atoms with Gasteiger partial charge in [-0.05, 0) is 38.1 Å². The van der Waals surface area contributed by atoms with E-state index in [1.165, 1.54) is 4.90 Å². The molecule has 0 unspecified atom stereocenters. The van der Waals surface area contributed by atoms with Crippen molar-refractivity contribution in [1.29, 1.82) is 0 Å². The molecule has 0 spiro atoms. The van der Waals surface area contributed by atoms with Crippen LogP contribution < -0.4 is 14.8 Å². The van der Waals surface area contributed by atoms with Crippen LogP contribution in [0.1, 0.15) is 12.8 Å². The summed E-state index contributed by atoms with van der Waals surface area (Å²) >= 11 is 0. The Morgan fingerprint density at radius 3 is 2.40 bits per heavy atom. The van der Waals surface area contributed by atoms with E-state index in [1.54, 1.807) is 26.3 Å². The number of carbonyl (C=O) groups is 1. The number of amides is 1. The van der Waals surface area contributed by atoms with Crippen LogP contribution >= 0.6 is 0 Å². The highest BCUT2D eigenvalue weighted by atomic mass is 32.2. The number of hydrogen-bond donors (Lipinski definition) is 1. The van der Waals surface area contributed by atoms with Crippen LogP contribution in [-0.4, -0.2) is 70.6 Å². The van der Waals surface area contributed by atoms with Crippen molar-refractivity contribution >= 4 is 15.7 Å². The first kappa shape index (κ1) is 19.5. The molecular formula is C17H26N2O5S. The van der Waals surface area contributed by atoms with Gasteiger partial charge in [0.05, 0.1) is 13.7 Å². The second-order valence-corrected chi connectivity index (χ2v) is 8.57. The number of ether oxygens (including phenoxy) is 2. The van der Waals surface area contributed by atoms with E-state index in [-0.39, 0.29) is 12.5 Å². The molecule has 0 aliphatic carbocycles. The van der Waals surface area contributed by atoms with Crippen molar-refractivity contribution in [1.82, 2.24) is 10.2 Å². The van der Waals surface area contributed by atoms with E-state index in [9.17, 15) is 13.2 Å². The van der Waals surface area contributed by atoms with Gasteiger partial charge in [-0.3, -0.25) is 4.79 Å². The van der Waals surface area contributed by atoms with E-state index in [4.69, 9.17) is 9.47 Å². The molecule has 25 heavy (non-hydrogen) atoms. The molecule has 0 bridgehead atoms. The van der Waals surface area contributed by atoms with E-state index in [2.05, 4.69) is 5.32 Å². The van der Waals surface area contributed by atoms with Gasteiger partial charge in [0.25, 0.3) is 0 Å². The fraction of sp³-hybridized carbons (Fsp3) is 0.588. The maximum Gasteiger partial charge on any atom is 0.243 e. The number of likely N-dealkylation sites (N-methyl/N-ethyl adjacent to an activating group) is 1. The van der Waals surface area contributed by atoms with E-state index in [1.807, 2.05) is 12.1 Å². The normalized spacial score (nSPS) is 16.9. The molecule has 0 atom stereocenters. The smallest absolute Gasteiger partial charge is 0.243 e. The highest BCUT2D eigenvalue weighted by molar-refractivity contribution is 7.92. The Hall–Kier alpha value is -1.80. The molecule has 0 saturated carbocycles. The van der Waals surface area contributed by atoms with Gasteiger partial charge in [0, 0.05) is 13.3 Å². The summed E-state index contributed by atoms with van der Waals surface area (Å²) in [6.07, 6.45) is 1.74. The minimum atomic E-state index is -3.51. The molecule has 1 fully saturated rings. The van der Waals surface area contributed by atoms with Gasteiger partial charge in [0.2, 0.25) is 5.91 Å². The third-order valence-corrected chi connectivity index (χ3v) is 6.61. The fourth-order valence-electron chi connectivity index (χ4n) is 3.05. The van der Waals surface area contributed by atoms with Crippen LogP contribution in [0.25, 0.3) is 0 Å². The zero-order valence-corrected chi connectivity index (χ0v) is 15.8. The standard InChI is InChI=1S/C17H26N2O5S/c1-19(12-13-24-15-7-5-4-6-14(15)23-2)16(20)17(25(3,21)22)8-10-18-11-9-17/h4-7,18H,8-13H2,1-3H3. The van der Waals surface area contributed by atoms with Crippen molar-refractivity contribution < 1.29 is 22.7 Å². The minimum Gasteiger partial charge on any atom is -0.493 e. The van der Waals surface area contributed by atoms with Gasteiger partial charge >= 0.3 is 0 Å². The van der Waals surface area contributed by atoms with Gasteiger partial charge in [0.1, 0.15) is 6.61 Å². The molecule has 0 aromatic heterocycles. The van der Waals surface area contributed by atoms with Crippen LogP contribution in [0, 0.1) is 0 Å². The lowest BCUT2D eigenvalue weighted by molar-refractivity contribution is -0.133. The second-order valence-electron chi connectivity index (χ2n) is 6.24. The van der Waals surface area contributed by atoms with Crippen molar-refractivity contribution in [3.63, 3.8) is 0 Å². The summed E-state index contributed by atoms with van der Waals surface area (Å²) < 4.78 is 34.2. The van der Waals surface area contributed by atoms with Gasteiger partial charge in [0.15, 0.2) is 26.1 Å². The number of nitrogens with one attached hydrogen (secondary N) is 1. The summed E-state index contributed by atoms with van der Waals surface area (Å²) in [5.41, 5.74) is 0. The van der Waals surface area contributed by atoms with Crippen LogP contribution in [0.3, 0.4) is 0 Å². The third kappa shape index (κ3) is 4.24. The summed E-state index contributed by atoms with van der Waals surface area (Å²) in [5, 5.41) is 3.11. The summed E-state index contributed by atoms with van der Waals surface area (Å²) in [6, 6.07) is 7.25. The predicted molar refractivity (Wildman–Crippen MR) is 95.8 cm³/mol. The van der Waals surface area contributed by atoms with Crippen molar-refractivity contribution in [3.8, 4) is 11.5 Å². The van der Waals surface area contributed by atoms with Crippen LogP contribution in [0.5, 0.6) is 11.5 Å². The van der Waals surface area contributed by atoms with E-state index < -0.39 is 14.6 Å². The number of hydrogen-bond acceptors (Lipinski definition) is 6. The first-order valence-corrected chi connectivity index (χ1v) is 10.1. The zero-order valence-electron chi connectivity index (χ0n) is 14.9. The fourth-order valence-corrected chi connectivity index (χ4v) is 4.47. The summed E-state index contributed by atoms with van der Waals surface area (Å²) in [7, 11) is -0.337. The molecule has 1 aliphatic heterocycles. The first-order valence-electron chi connectivity index (χ1n) is 8.23. The Kier molecular flexibility index (Phi) is 6.29. The number of carbonyl (C=O) groups excluding carboxylic acids is 1. The molecule has 1 saturated heterocycles. The molecule has 1 aliphatic rings. The van der Waals surface area contributed by atoms with Crippen molar-refractivity contribution in [2.75, 3.05) is 46.7 Å². The Balaban J connectivity index is 2.01. The number of methoxy groups -OCH3 is 1. The maximum absolute atomic E-state index is 12.9. The Labute approximate surface area is 149 Å². The lowest BCUT2D eigenvalue weighted by atomic mass is 9.95. The number of sulfone groups is 1. The molecular weight excluding hydrogens is 344 g/mol. The molecule has 1 aromatic rings. The molecule has 1 aromatic carbocycles. The van der Waals surface area contributed by atoms with Gasteiger partial charge in [-0.25, -0.2) is 8.42 Å². The molecule has 1 heterocycles. The summed E-state index contributed by atoms with van der Waals surface area (Å²) in [4.78, 5) is 14.3. The van der Waals surface area contributed by atoms with Gasteiger partial charge in [-0.1, -0.05) is 12.1 Å². The highest BCUT2D eigenvalue weighted by Gasteiger charge is 2.49. The Bertz CT molecular complexity index is 699. The van der Waals surface area contributed by atoms with E-state index >= 15 is 0 Å². The molecule has 2 rings (SSSR count). The number of benzene rings is 1. The topological polar surface area (TPSA) is 84.9 Å². The number of para-hydroxylation sites is 2. The van der Waals surface area contributed by atoms with Crippen LogP contribution in [0.15, 0.2) is 24.3 Å². The average molecular weight is 370 g/mol. The van der Waals surface area contributed by atoms with Gasteiger partial charge in [-0.2, -0.15) is 0 Å².